The number of hydrogen-bond donors (Lipinski definition) is 2. The van der Waals surface area contributed by atoms with E-state index in [1.165, 1.54) is 11.8 Å². The van der Waals surface area contributed by atoms with Crippen LogP contribution in [0.4, 0.5) is 0 Å². The highest BCUT2D eigenvalue weighted by Gasteiger charge is 2.06. The van der Waals surface area contributed by atoms with E-state index in [0.29, 0.717) is 15.8 Å². The zero-order valence-electron chi connectivity index (χ0n) is 9.28. The van der Waals surface area contributed by atoms with Crippen molar-refractivity contribution in [2.75, 3.05) is 12.3 Å². The highest BCUT2D eigenvalue weighted by Crippen LogP contribution is 2.24. The fraction of sp³-hybridized carbons (Fsp3) is 0.273. The smallest absolute Gasteiger partial charge is 0.322 e. The maximum Gasteiger partial charge on any atom is 0.322 e. The van der Waals surface area contributed by atoms with Gasteiger partial charge in [-0.2, -0.15) is 0 Å². The summed E-state index contributed by atoms with van der Waals surface area (Å²) >= 11 is 13.1. The van der Waals surface area contributed by atoms with E-state index in [1.54, 1.807) is 18.2 Å². The molecule has 1 rings (SSSR count). The minimum Gasteiger partial charge on any atom is -0.480 e. The standard InChI is InChI=1S/C11H11Cl2NO3S/c12-8-2-1-7(9(13)3-8)5-18-6-10(15)14-4-11(16)17/h1-3H,4-6H2,(H,14,15)(H,16,17). The lowest BCUT2D eigenvalue weighted by Crippen LogP contribution is -2.30. The first-order valence-corrected chi connectivity index (χ1v) is 6.90. The van der Waals surface area contributed by atoms with Gasteiger partial charge in [-0.1, -0.05) is 29.3 Å². The monoisotopic (exact) mass is 307 g/mol. The molecule has 0 bridgehead atoms. The molecule has 2 N–H and O–H groups in total. The number of thioether (sulfide) groups is 1. The summed E-state index contributed by atoms with van der Waals surface area (Å²) in [6.07, 6.45) is 0. The lowest BCUT2D eigenvalue weighted by atomic mass is 10.2. The topological polar surface area (TPSA) is 66.4 Å². The molecular weight excluding hydrogens is 297 g/mol. The molecule has 1 aromatic carbocycles. The van der Waals surface area contributed by atoms with Gasteiger partial charge in [-0.05, 0) is 17.7 Å². The minimum atomic E-state index is -1.06. The van der Waals surface area contributed by atoms with E-state index < -0.39 is 5.97 Å². The number of amides is 1. The number of rotatable bonds is 6. The van der Waals surface area contributed by atoms with Crippen LogP contribution in [0.3, 0.4) is 0 Å². The van der Waals surface area contributed by atoms with Crippen molar-refractivity contribution in [3.63, 3.8) is 0 Å². The molecule has 0 aliphatic rings. The Morgan fingerprint density at radius 3 is 2.67 bits per heavy atom. The van der Waals surface area contributed by atoms with Crippen LogP contribution in [-0.4, -0.2) is 29.3 Å². The Hall–Kier alpha value is -0.910. The second-order valence-corrected chi connectivity index (χ2v) is 5.23. The van der Waals surface area contributed by atoms with E-state index in [0.717, 1.165) is 5.56 Å². The van der Waals surface area contributed by atoms with Crippen LogP contribution in [0, 0.1) is 0 Å². The van der Waals surface area contributed by atoms with Crippen molar-refractivity contribution in [1.82, 2.24) is 5.32 Å². The Morgan fingerprint density at radius 2 is 2.06 bits per heavy atom. The van der Waals surface area contributed by atoms with Crippen LogP contribution in [0.15, 0.2) is 18.2 Å². The maximum atomic E-state index is 11.2. The molecule has 0 aliphatic carbocycles. The highest BCUT2D eigenvalue weighted by atomic mass is 35.5. The predicted octanol–water partition coefficient (Wildman–Crippen LogP) is 2.43. The van der Waals surface area contributed by atoms with E-state index in [-0.39, 0.29) is 18.2 Å². The Morgan fingerprint density at radius 1 is 1.33 bits per heavy atom. The normalized spacial score (nSPS) is 10.1. The van der Waals surface area contributed by atoms with Crippen molar-refractivity contribution < 1.29 is 14.7 Å². The Kier molecular flexibility index (Phi) is 6.32. The van der Waals surface area contributed by atoms with Gasteiger partial charge >= 0.3 is 5.97 Å². The van der Waals surface area contributed by atoms with Gasteiger partial charge in [-0.25, -0.2) is 0 Å². The van der Waals surface area contributed by atoms with Crippen LogP contribution in [0.5, 0.6) is 0 Å². The summed E-state index contributed by atoms with van der Waals surface area (Å²) < 4.78 is 0. The van der Waals surface area contributed by atoms with Crippen molar-refractivity contribution in [3.05, 3.63) is 33.8 Å². The number of benzene rings is 1. The predicted molar refractivity (Wildman–Crippen MR) is 73.3 cm³/mol. The molecule has 0 fully saturated rings. The molecule has 0 aliphatic heterocycles. The number of aliphatic carboxylic acids is 1. The van der Waals surface area contributed by atoms with Crippen LogP contribution >= 0.6 is 35.0 Å². The lowest BCUT2D eigenvalue weighted by Gasteiger charge is -2.05. The lowest BCUT2D eigenvalue weighted by molar-refractivity contribution is -0.137. The van der Waals surface area contributed by atoms with Gasteiger partial charge in [0.15, 0.2) is 0 Å². The summed E-state index contributed by atoms with van der Waals surface area (Å²) in [6.45, 7) is -0.360. The molecule has 0 atom stereocenters. The van der Waals surface area contributed by atoms with Crippen LogP contribution in [0.2, 0.25) is 10.0 Å². The van der Waals surface area contributed by atoms with E-state index in [9.17, 15) is 9.59 Å². The number of carbonyl (C=O) groups is 2. The van der Waals surface area contributed by atoms with E-state index in [1.807, 2.05) is 0 Å². The van der Waals surface area contributed by atoms with Gasteiger partial charge in [-0.3, -0.25) is 9.59 Å². The molecule has 1 amide bonds. The number of nitrogens with one attached hydrogen (secondary N) is 1. The van der Waals surface area contributed by atoms with Gasteiger partial charge in [0, 0.05) is 15.8 Å². The molecule has 98 valence electrons. The van der Waals surface area contributed by atoms with Crippen LogP contribution in [-0.2, 0) is 15.3 Å². The molecule has 4 nitrogen and oxygen atoms in total. The molecule has 0 saturated heterocycles. The third-order valence-corrected chi connectivity index (χ3v) is 3.51. The zero-order valence-corrected chi connectivity index (χ0v) is 11.6. The molecule has 0 aromatic heterocycles. The fourth-order valence-electron chi connectivity index (χ4n) is 1.12. The van der Waals surface area contributed by atoms with E-state index in [2.05, 4.69) is 5.32 Å². The number of halogens is 2. The highest BCUT2D eigenvalue weighted by molar-refractivity contribution is 7.99. The van der Waals surface area contributed by atoms with Gasteiger partial charge in [0.1, 0.15) is 6.54 Å². The Bertz CT molecular complexity index is 454. The number of hydrogen-bond acceptors (Lipinski definition) is 3. The zero-order chi connectivity index (χ0) is 13.5. The first-order valence-electron chi connectivity index (χ1n) is 4.99. The van der Waals surface area contributed by atoms with Gasteiger partial charge < -0.3 is 10.4 Å². The van der Waals surface area contributed by atoms with Crippen LogP contribution < -0.4 is 5.32 Å². The van der Waals surface area contributed by atoms with Crippen molar-refractivity contribution in [3.8, 4) is 0 Å². The molecule has 0 unspecified atom stereocenters. The van der Waals surface area contributed by atoms with Gasteiger partial charge in [0.2, 0.25) is 5.91 Å². The Balaban J connectivity index is 2.33. The summed E-state index contributed by atoms with van der Waals surface area (Å²) in [5, 5.41) is 11.8. The molecule has 0 saturated carbocycles. The van der Waals surface area contributed by atoms with Crippen molar-refractivity contribution in [2.24, 2.45) is 0 Å². The summed E-state index contributed by atoms with van der Waals surface area (Å²) in [5.74, 6) is -0.621. The molecule has 0 heterocycles. The number of carboxylic acid groups (broad SMARTS) is 1. The summed E-state index contributed by atoms with van der Waals surface area (Å²) in [7, 11) is 0. The summed E-state index contributed by atoms with van der Waals surface area (Å²) in [6, 6.07) is 5.17. The first kappa shape index (κ1) is 15.1. The van der Waals surface area contributed by atoms with E-state index in [4.69, 9.17) is 28.3 Å². The number of carbonyl (C=O) groups excluding carboxylic acids is 1. The van der Waals surface area contributed by atoms with Gasteiger partial charge in [-0.15, -0.1) is 11.8 Å². The minimum absolute atomic E-state index is 0.187. The second kappa shape index (κ2) is 7.51. The van der Waals surface area contributed by atoms with Crippen molar-refractivity contribution in [2.45, 2.75) is 5.75 Å². The molecule has 0 spiro atoms. The van der Waals surface area contributed by atoms with Crippen LogP contribution in [0.25, 0.3) is 0 Å². The molecule has 0 radical (unpaired) electrons. The third-order valence-electron chi connectivity index (χ3n) is 1.94. The quantitative estimate of drug-likeness (QED) is 0.847. The average molecular weight is 308 g/mol. The molecular formula is C11H11Cl2NO3S. The van der Waals surface area contributed by atoms with Crippen molar-refractivity contribution in [1.29, 1.82) is 0 Å². The van der Waals surface area contributed by atoms with Crippen molar-refractivity contribution >= 4 is 46.8 Å². The molecule has 1 aromatic rings. The second-order valence-electron chi connectivity index (χ2n) is 3.40. The summed E-state index contributed by atoms with van der Waals surface area (Å²) in [4.78, 5) is 21.5. The largest absolute Gasteiger partial charge is 0.480 e. The SMILES string of the molecule is O=C(O)CNC(=O)CSCc1ccc(Cl)cc1Cl. The van der Waals surface area contributed by atoms with E-state index >= 15 is 0 Å². The summed E-state index contributed by atoms with van der Waals surface area (Å²) in [5.41, 5.74) is 0.886. The average Bonchev–Trinajstić information content (AvgIpc) is 2.29. The molecule has 18 heavy (non-hydrogen) atoms. The van der Waals surface area contributed by atoms with Crippen LogP contribution in [0.1, 0.15) is 5.56 Å². The third kappa shape index (κ3) is 5.62. The fourth-order valence-corrected chi connectivity index (χ4v) is 2.53. The number of carboxylic acids is 1. The molecule has 7 heteroatoms. The Labute approximate surface area is 119 Å². The first-order chi connectivity index (χ1) is 8.49. The maximum absolute atomic E-state index is 11.2. The van der Waals surface area contributed by atoms with Gasteiger partial charge in [0.05, 0.1) is 5.75 Å². The van der Waals surface area contributed by atoms with Gasteiger partial charge in [0.25, 0.3) is 0 Å².